The number of ether oxygens (including phenoxy) is 4. The van der Waals surface area contributed by atoms with Crippen LogP contribution in [0.3, 0.4) is 0 Å². The fourth-order valence-electron chi connectivity index (χ4n) is 3.39. The van der Waals surface area contributed by atoms with Crippen molar-refractivity contribution < 1.29 is 23.7 Å². The Labute approximate surface area is 164 Å². The maximum atomic E-state index is 12.6. The molecule has 1 N–H and O–H groups in total. The van der Waals surface area contributed by atoms with Crippen LogP contribution >= 0.6 is 0 Å². The lowest BCUT2D eigenvalue weighted by atomic mass is 9.87. The van der Waals surface area contributed by atoms with Crippen LogP contribution < -0.4 is 24.4 Å². The summed E-state index contributed by atoms with van der Waals surface area (Å²) in [4.78, 5) is 12.6. The number of hydrazone groups is 1. The van der Waals surface area contributed by atoms with E-state index in [4.69, 9.17) is 18.9 Å². The number of nitrogens with one attached hydrogen (secondary N) is 1. The molecular formula is C21H24N2O5. The summed E-state index contributed by atoms with van der Waals surface area (Å²) in [5.41, 5.74) is 5.71. The molecule has 0 saturated heterocycles. The molecule has 1 aliphatic rings. The molecule has 28 heavy (non-hydrogen) atoms. The van der Waals surface area contributed by atoms with Gasteiger partial charge < -0.3 is 18.9 Å². The van der Waals surface area contributed by atoms with Crippen molar-refractivity contribution in [2.24, 2.45) is 5.10 Å². The van der Waals surface area contributed by atoms with Crippen LogP contribution in [-0.4, -0.2) is 40.1 Å². The van der Waals surface area contributed by atoms with E-state index in [2.05, 4.69) is 10.5 Å². The zero-order valence-electron chi connectivity index (χ0n) is 16.7. The second-order valence-electron chi connectivity index (χ2n) is 6.26. The monoisotopic (exact) mass is 384 g/mol. The van der Waals surface area contributed by atoms with Crippen LogP contribution in [0.15, 0.2) is 35.4 Å². The predicted molar refractivity (Wildman–Crippen MR) is 106 cm³/mol. The van der Waals surface area contributed by atoms with Crippen molar-refractivity contribution in [3.63, 3.8) is 0 Å². The van der Waals surface area contributed by atoms with Gasteiger partial charge in [-0.2, -0.15) is 5.10 Å². The molecule has 0 unspecified atom stereocenters. The third-order valence-corrected chi connectivity index (χ3v) is 4.85. The lowest BCUT2D eigenvalue weighted by Crippen LogP contribution is -2.23. The SMILES string of the molecule is CC[C@@H]1C(=O)NN=C(c2ccc(OC)c(OC)c2)c2cc(OC)c(OC)cc21. The number of hydrogen-bond donors (Lipinski definition) is 1. The first-order valence-electron chi connectivity index (χ1n) is 8.94. The Bertz CT molecular complexity index is 923. The van der Waals surface area contributed by atoms with Gasteiger partial charge in [-0.3, -0.25) is 4.79 Å². The van der Waals surface area contributed by atoms with Crippen molar-refractivity contribution in [1.82, 2.24) is 5.43 Å². The molecule has 1 amide bonds. The van der Waals surface area contributed by atoms with Crippen molar-refractivity contribution >= 4 is 11.6 Å². The molecule has 2 aromatic carbocycles. The average molecular weight is 384 g/mol. The standard InChI is InChI=1S/C21H24N2O5/c1-6-13-14-10-18(27-4)19(28-5)11-15(14)20(22-23-21(13)24)12-7-8-16(25-2)17(9-12)26-3/h7-11,13H,6H2,1-5H3,(H,23,24)/t13-/m0/s1. The molecule has 148 valence electrons. The third kappa shape index (κ3) is 3.35. The summed E-state index contributed by atoms with van der Waals surface area (Å²) in [7, 11) is 6.31. The zero-order chi connectivity index (χ0) is 20.3. The van der Waals surface area contributed by atoms with E-state index in [1.54, 1.807) is 34.5 Å². The van der Waals surface area contributed by atoms with E-state index in [1.807, 2.05) is 31.2 Å². The number of fused-ring (bicyclic) bond motifs is 1. The van der Waals surface area contributed by atoms with Gasteiger partial charge in [0.15, 0.2) is 23.0 Å². The molecule has 0 aliphatic carbocycles. The molecule has 1 heterocycles. The molecule has 7 heteroatoms. The molecule has 3 rings (SSSR count). The summed E-state index contributed by atoms with van der Waals surface area (Å²) in [5.74, 6) is 1.82. The van der Waals surface area contributed by atoms with E-state index in [-0.39, 0.29) is 11.8 Å². The Balaban J connectivity index is 2.24. The summed E-state index contributed by atoms with van der Waals surface area (Å²) in [6.07, 6.45) is 0.628. The van der Waals surface area contributed by atoms with E-state index in [1.165, 1.54) is 0 Å². The molecule has 0 saturated carbocycles. The Morgan fingerprint density at radius 3 is 2.11 bits per heavy atom. The Morgan fingerprint density at radius 1 is 0.893 bits per heavy atom. The van der Waals surface area contributed by atoms with E-state index in [0.29, 0.717) is 35.1 Å². The molecule has 1 aliphatic heterocycles. The lowest BCUT2D eigenvalue weighted by Gasteiger charge is -2.18. The second kappa shape index (κ2) is 8.21. The van der Waals surface area contributed by atoms with Crippen LogP contribution in [0.4, 0.5) is 0 Å². The highest BCUT2D eigenvalue weighted by molar-refractivity contribution is 6.16. The summed E-state index contributed by atoms with van der Waals surface area (Å²) >= 11 is 0. The van der Waals surface area contributed by atoms with Crippen molar-refractivity contribution in [3.8, 4) is 23.0 Å². The molecule has 0 bridgehead atoms. The highest BCUT2D eigenvalue weighted by Crippen LogP contribution is 2.38. The smallest absolute Gasteiger partial charge is 0.247 e. The summed E-state index contributed by atoms with van der Waals surface area (Å²) in [6, 6.07) is 9.22. The first kappa shape index (κ1) is 19.5. The van der Waals surface area contributed by atoms with Gasteiger partial charge in [0.2, 0.25) is 5.91 Å². The van der Waals surface area contributed by atoms with Gasteiger partial charge in [-0.05, 0) is 42.3 Å². The van der Waals surface area contributed by atoms with Gasteiger partial charge in [0, 0.05) is 11.1 Å². The van der Waals surface area contributed by atoms with Crippen molar-refractivity contribution in [2.45, 2.75) is 19.3 Å². The van der Waals surface area contributed by atoms with Crippen LogP contribution in [0.2, 0.25) is 0 Å². The van der Waals surface area contributed by atoms with Crippen LogP contribution in [0.5, 0.6) is 23.0 Å². The minimum absolute atomic E-state index is 0.161. The third-order valence-electron chi connectivity index (χ3n) is 4.85. The zero-order valence-corrected chi connectivity index (χ0v) is 16.7. The van der Waals surface area contributed by atoms with Gasteiger partial charge in [0.1, 0.15) is 0 Å². The quantitative estimate of drug-likeness (QED) is 0.828. The number of rotatable bonds is 6. The summed E-state index contributed by atoms with van der Waals surface area (Å²) < 4.78 is 21.7. The molecular weight excluding hydrogens is 360 g/mol. The minimum Gasteiger partial charge on any atom is -0.493 e. The highest BCUT2D eigenvalue weighted by Gasteiger charge is 2.29. The second-order valence-corrected chi connectivity index (χ2v) is 6.26. The normalized spacial score (nSPS) is 15.7. The van der Waals surface area contributed by atoms with Crippen molar-refractivity contribution in [1.29, 1.82) is 0 Å². The maximum absolute atomic E-state index is 12.6. The Morgan fingerprint density at radius 2 is 1.50 bits per heavy atom. The van der Waals surface area contributed by atoms with Gasteiger partial charge in [-0.15, -0.1) is 0 Å². The molecule has 7 nitrogen and oxygen atoms in total. The van der Waals surface area contributed by atoms with Crippen LogP contribution in [0.1, 0.15) is 36.0 Å². The van der Waals surface area contributed by atoms with Crippen LogP contribution in [0, 0.1) is 0 Å². The van der Waals surface area contributed by atoms with Crippen molar-refractivity contribution in [3.05, 3.63) is 47.0 Å². The number of methoxy groups -OCH3 is 4. The number of nitrogens with zero attached hydrogens (tertiary/aromatic N) is 1. The average Bonchev–Trinajstić information content (AvgIpc) is 2.87. The van der Waals surface area contributed by atoms with E-state index < -0.39 is 0 Å². The molecule has 0 fully saturated rings. The van der Waals surface area contributed by atoms with Gasteiger partial charge in [-0.1, -0.05) is 6.92 Å². The number of carbonyl (C=O) groups is 1. The molecule has 0 spiro atoms. The van der Waals surface area contributed by atoms with E-state index in [9.17, 15) is 4.79 Å². The van der Waals surface area contributed by atoms with Crippen LogP contribution in [-0.2, 0) is 4.79 Å². The first-order valence-corrected chi connectivity index (χ1v) is 8.94. The first-order chi connectivity index (χ1) is 13.6. The minimum atomic E-state index is -0.351. The number of benzene rings is 2. The molecule has 0 aromatic heterocycles. The number of carbonyl (C=O) groups excluding carboxylic acids is 1. The van der Waals surface area contributed by atoms with Gasteiger partial charge in [0.25, 0.3) is 0 Å². The van der Waals surface area contributed by atoms with Gasteiger partial charge in [0.05, 0.1) is 40.1 Å². The number of amides is 1. The van der Waals surface area contributed by atoms with Gasteiger partial charge >= 0.3 is 0 Å². The topological polar surface area (TPSA) is 78.4 Å². The maximum Gasteiger partial charge on any atom is 0.247 e. The Kier molecular flexibility index (Phi) is 5.73. The predicted octanol–water partition coefficient (Wildman–Crippen LogP) is 3.10. The number of hydrogen-bond acceptors (Lipinski definition) is 6. The Hall–Kier alpha value is -3.22. The fourth-order valence-corrected chi connectivity index (χ4v) is 3.39. The lowest BCUT2D eigenvalue weighted by molar-refractivity contribution is -0.122. The fraction of sp³-hybridized carbons (Fsp3) is 0.333. The molecule has 2 aromatic rings. The van der Waals surface area contributed by atoms with Crippen molar-refractivity contribution in [2.75, 3.05) is 28.4 Å². The summed E-state index contributed by atoms with van der Waals surface area (Å²) in [5, 5.41) is 4.40. The highest BCUT2D eigenvalue weighted by atomic mass is 16.5. The van der Waals surface area contributed by atoms with Gasteiger partial charge in [-0.25, -0.2) is 5.43 Å². The largest absolute Gasteiger partial charge is 0.493 e. The molecule has 0 radical (unpaired) electrons. The van der Waals surface area contributed by atoms with Crippen LogP contribution in [0.25, 0.3) is 0 Å². The molecule has 1 atom stereocenters. The summed E-state index contributed by atoms with van der Waals surface area (Å²) in [6.45, 7) is 1.96. The van der Waals surface area contributed by atoms with E-state index in [0.717, 1.165) is 16.7 Å². The van der Waals surface area contributed by atoms with E-state index >= 15 is 0 Å².